The molecule has 0 rings (SSSR count). The van der Waals surface area contributed by atoms with Crippen LogP contribution in [-0.2, 0) is 28.6 Å². The fourth-order valence-corrected chi connectivity index (χ4v) is 8.68. The van der Waals surface area contributed by atoms with Gasteiger partial charge in [0, 0.05) is 19.3 Å². The molecule has 0 bridgehead atoms. The smallest absolute Gasteiger partial charge is 0.306 e. The number of hydrogen-bond donors (Lipinski definition) is 0. The standard InChI is InChI=1S/C58H110O6/c1-4-7-10-13-16-18-20-22-23-24-25-26-27-28-29-30-31-32-33-34-35-36-38-39-42-45-48-51-57(60)63-54-55(53-62-56(59)50-47-44-41-15-12-9-6-3)64-58(61)52-49-46-43-40-37-21-19-17-14-11-8-5-2/h24-25,55H,4-23,26-54H2,1-3H3/b25-24-. The molecule has 0 heterocycles. The quantitative estimate of drug-likeness (QED) is 0.0262. The summed E-state index contributed by atoms with van der Waals surface area (Å²) in [6.07, 6.45) is 61.0. The van der Waals surface area contributed by atoms with E-state index in [1.807, 2.05) is 0 Å². The highest BCUT2D eigenvalue weighted by molar-refractivity contribution is 5.71. The van der Waals surface area contributed by atoms with Crippen LogP contribution in [0.1, 0.15) is 323 Å². The number of carbonyl (C=O) groups is 3. The lowest BCUT2D eigenvalue weighted by Gasteiger charge is -2.18. The molecule has 0 aliphatic heterocycles. The Labute approximate surface area is 399 Å². The topological polar surface area (TPSA) is 78.9 Å². The minimum atomic E-state index is -0.761. The Morgan fingerprint density at radius 3 is 0.781 bits per heavy atom. The van der Waals surface area contributed by atoms with E-state index in [4.69, 9.17) is 14.2 Å². The average molecular weight is 904 g/mol. The van der Waals surface area contributed by atoms with Crippen LogP contribution in [0.3, 0.4) is 0 Å². The molecule has 0 aromatic rings. The molecule has 378 valence electrons. The Balaban J connectivity index is 4.01. The van der Waals surface area contributed by atoms with Gasteiger partial charge in [0.15, 0.2) is 6.10 Å². The summed E-state index contributed by atoms with van der Waals surface area (Å²) in [5.74, 6) is -0.853. The maximum absolute atomic E-state index is 12.7. The van der Waals surface area contributed by atoms with E-state index >= 15 is 0 Å². The summed E-state index contributed by atoms with van der Waals surface area (Å²) in [5, 5.41) is 0. The highest BCUT2D eigenvalue weighted by Crippen LogP contribution is 2.17. The van der Waals surface area contributed by atoms with Crippen molar-refractivity contribution in [3.8, 4) is 0 Å². The van der Waals surface area contributed by atoms with Crippen LogP contribution in [0.5, 0.6) is 0 Å². The van der Waals surface area contributed by atoms with Gasteiger partial charge in [-0.3, -0.25) is 14.4 Å². The van der Waals surface area contributed by atoms with Crippen LogP contribution in [0, 0.1) is 0 Å². The van der Waals surface area contributed by atoms with Gasteiger partial charge in [-0.2, -0.15) is 0 Å². The number of carbonyl (C=O) groups excluding carboxylic acids is 3. The highest BCUT2D eigenvalue weighted by Gasteiger charge is 2.19. The van der Waals surface area contributed by atoms with Crippen molar-refractivity contribution < 1.29 is 28.6 Å². The molecule has 0 aliphatic carbocycles. The monoisotopic (exact) mass is 903 g/mol. The Hall–Kier alpha value is -1.85. The minimum absolute atomic E-state index is 0.0644. The summed E-state index contributed by atoms with van der Waals surface area (Å²) in [4.78, 5) is 37.8. The molecule has 6 nitrogen and oxygen atoms in total. The maximum atomic E-state index is 12.7. The van der Waals surface area contributed by atoms with Gasteiger partial charge in [-0.05, 0) is 44.9 Å². The van der Waals surface area contributed by atoms with Crippen molar-refractivity contribution in [1.82, 2.24) is 0 Å². The third-order valence-corrected chi connectivity index (χ3v) is 13.0. The first-order chi connectivity index (χ1) is 31.5. The Morgan fingerprint density at radius 1 is 0.297 bits per heavy atom. The number of hydrogen-bond acceptors (Lipinski definition) is 6. The van der Waals surface area contributed by atoms with Crippen molar-refractivity contribution in [2.45, 2.75) is 329 Å². The number of rotatable bonds is 53. The molecule has 0 saturated heterocycles. The Bertz CT molecular complexity index is 993. The van der Waals surface area contributed by atoms with Crippen LogP contribution in [-0.4, -0.2) is 37.2 Å². The zero-order valence-corrected chi connectivity index (χ0v) is 43.3. The zero-order valence-electron chi connectivity index (χ0n) is 43.3. The molecule has 0 aromatic heterocycles. The van der Waals surface area contributed by atoms with Gasteiger partial charge in [-0.1, -0.05) is 270 Å². The van der Waals surface area contributed by atoms with Crippen LogP contribution >= 0.6 is 0 Å². The summed E-state index contributed by atoms with van der Waals surface area (Å²) in [5.41, 5.74) is 0. The van der Waals surface area contributed by atoms with E-state index in [1.54, 1.807) is 0 Å². The van der Waals surface area contributed by atoms with Crippen molar-refractivity contribution >= 4 is 17.9 Å². The molecule has 0 saturated carbocycles. The second-order valence-electron chi connectivity index (χ2n) is 19.6. The normalized spacial score (nSPS) is 12.0. The van der Waals surface area contributed by atoms with Crippen LogP contribution in [0.25, 0.3) is 0 Å². The van der Waals surface area contributed by atoms with Gasteiger partial charge in [0.05, 0.1) is 0 Å². The summed E-state index contributed by atoms with van der Waals surface area (Å²) in [7, 11) is 0. The molecule has 0 aliphatic rings. The van der Waals surface area contributed by atoms with Crippen LogP contribution in [0.2, 0.25) is 0 Å². The van der Waals surface area contributed by atoms with Crippen molar-refractivity contribution in [2.75, 3.05) is 13.2 Å². The fourth-order valence-electron chi connectivity index (χ4n) is 8.68. The summed E-state index contributed by atoms with van der Waals surface area (Å²) in [6.45, 7) is 6.63. The van der Waals surface area contributed by atoms with Gasteiger partial charge < -0.3 is 14.2 Å². The second kappa shape index (κ2) is 53.8. The van der Waals surface area contributed by atoms with E-state index in [1.165, 1.54) is 225 Å². The predicted molar refractivity (Wildman–Crippen MR) is 275 cm³/mol. The first-order valence-corrected chi connectivity index (χ1v) is 28.7. The molecule has 1 atom stereocenters. The number of unbranched alkanes of at least 4 members (excludes halogenated alkanes) is 40. The second-order valence-corrected chi connectivity index (χ2v) is 19.6. The third kappa shape index (κ3) is 51.1. The van der Waals surface area contributed by atoms with E-state index < -0.39 is 6.10 Å². The summed E-state index contributed by atoms with van der Waals surface area (Å²) in [6, 6.07) is 0. The molecule has 0 N–H and O–H groups in total. The summed E-state index contributed by atoms with van der Waals surface area (Å²) < 4.78 is 16.8. The van der Waals surface area contributed by atoms with E-state index in [2.05, 4.69) is 32.9 Å². The molecule has 6 heteroatoms. The van der Waals surface area contributed by atoms with Crippen molar-refractivity contribution in [1.29, 1.82) is 0 Å². The molecule has 0 aromatic carbocycles. The van der Waals surface area contributed by atoms with Crippen LogP contribution in [0.4, 0.5) is 0 Å². The van der Waals surface area contributed by atoms with Gasteiger partial charge in [-0.15, -0.1) is 0 Å². The van der Waals surface area contributed by atoms with Gasteiger partial charge in [0.1, 0.15) is 13.2 Å². The van der Waals surface area contributed by atoms with Gasteiger partial charge in [0.25, 0.3) is 0 Å². The zero-order chi connectivity index (χ0) is 46.5. The number of allylic oxidation sites excluding steroid dienone is 2. The lowest BCUT2D eigenvalue weighted by molar-refractivity contribution is -0.167. The molecular formula is C58H110O6. The third-order valence-electron chi connectivity index (χ3n) is 13.0. The lowest BCUT2D eigenvalue weighted by atomic mass is 10.0. The maximum Gasteiger partial charge on any atom is 0.306 e. The van der Waals surface area contributed by atoms with Crippen LogP contribution < -0.4 is 0 Å². The lowest BCUT2D eigenvalue weighted by Crippen LogP contribution is -2.30. The Morgan fingerprint density at radius 2 is 0.516 bits per heavy atom. The van der Waals surface area contributed by atoms with E-state index in [-0.39, 0.29) is 31.1 Å². The van der Waals surface area contributed by atoms with Crippen molar-refractivity contribution in [2.24, 2.45) is 0 Å². The highest BCUT2D eigenvalue weighted by atomic mass is 16.6. The summed E-state index contributed by atoms with van der Waals surface area (Å²) >= 11 is 0. The molecule has 0 fully saturated rings. The first kappa shape index (κ1) is 62.1. The van der Waals surface area contributed by atoms with E-state index in [9.17, 15) is 14.4 Å². The Kier molecular flexibility index (Phi) is 52.2. The number of ether oxygens (including phenoxy) is 3. The fraction of sp³-hybridized carbons (Fsp3) is 0.914. The molecule has 0 amide bonds. The first-order valence-electron chi connectivity index (χ1n) is 28.7. The molecular weight excluding hydrogens is 793 g/mol. The predicted octanol–water partition coefficient (Wildman–Crippen LogP) is 18.9. The van der Waals surface area contributed by atoms with Gasteiger partial charge in [0.2, 0.25) is 0 Å². The largest absolute Gasteiger partial charge is 0.462 e. The van der Waals surface area contributed by atoms with Gasteiger partial charge >= 0.3 is 17.9 Å². The molecule has 64 heavy (non-hydrogen) atoms. The minimum Gasteiger partial charge on any atom is -0.462 e. The van der Waals surface area contributed by atoms with Crippen molar-refractivity contribution in [3.05, 3.63) is 12.2 Å². The molecule has 0 radical (unpaired) electrons. The van der Waals surface area contributed by atoms with Crippen LogP contribution in [0.15, 0.2) is 12.2 Å². The van der Waals surface area contributed by atoms with E-state index in [0.717, 1.165) is 57.8 Å². The number of esters is 3. The SMILES string of the molecule is CCCCCCCCCC/C=C\CCCCCCCCCCCCCCCCCC(=O)OCC(COC(=O)CCCCCCCCC)OC(=O)CCCCCCCCCCCCCC. The molecule has 0 spiro atoms. The molecule has 1 unspecified atom stereocenters. The van der Waals surface area contributed by atoms with Gasteiger partial charge in [-0.25, -0.2) is 0 Å². The average Bonchev–Trinajstić information content (AvgIpc) is 3.29. The van der Waals surface area contributed by atoms with Crippen molar-refractivity contribution in [3.63, 3.8) is 0 Å². The van der Waals surface area contributed by atoms with E-state index in [0.29, 0.717) is 19.3 Å².